The minimum absolute atomic E-state index is 0.00311. The van der Waals surface area contributed by atoms with Gasteiger partial charge in [-0.05, 0) is 88.9 Å². The summed E-state index contributed by atoms with van der Waals surface area (Å²) in [4.78, 5) is 15.0. The van der Waals surface area contributed by atoms with Gasteiger partial charge in [-0.1, -0.05) is 29.8 Å². The van der Waals surface area contributed by atoms with Crippen LogP contribution in [0.1, 0.15) is 35.4 Å². The lowest BCUT2D eigenvalue weighted by molar-refractivity contribution is -0.117. The second kappa shape index (κ2) is 9.65. The molecule has 1 amide bonds. The molecule has 3 aromatic rings. The van der Waals surface area contributed by atoms with Crippen LogP contribution in [0.2, 0.25) is 0 Å². The Balaban J connectivity index is 1.31. The molecule has 0 radical (unpaired) electrons. The largest absolute Gasteiger partial charge is 0.322 e. The molecule has 2 aromatic carbocycles. The van der Waals surface area contributed by atoms with Crippen LogP contribution in [0.4, 0.5) is 10.1 Å². The summed E-state index contributed by atoms with van der Waals surface area (Å²) in [5.41, 5.74) is 5.90. The molecule has 1 saturated heterocycles. The quantitative estimate of drug-likeness (QED) is 0.605. The van der Waals surface area contributed by atoms with Gasteiger partial charge < -0.3 is 5.32 Å². The monoisotopic (exact) mass is 434 g/mol. The maximum atomic E-state index is 13.1. The smallest absolute Gasteiger partial charge is 0.238 e. The van der Waals surface area contributed by atoms with Gasteiger partial charge in [-0.3, -0.25) is 9.69 Å². The van der Waals surface area contributed by atoms with Crippen molar-refractivity contribution in [1.82, 2.24) is 14.7 Å². The number of rotatable bonds is 6. The first-order chi connectivity index (χ1) is 15.4. The Morgan fingerprint density at radius 2 is 1.69 bits per heavy atom. The van der Waals surface area contributed by atoms with Gasteiger partial charge in [0.15, 0.2) is 0 Å². The SMILES string of the molecule is Cc1ccc(-n2nc(C)c(NC(=O)CN3CCC(Cc4ccc(F)cc4)CC3)c2C)cc1. The van der Waals surface area contributed by atoms with Crippen molar-refractivity contribution >= 4 is 11.6 Å². The van der Waals surface area contributed by atoms with Gasteiger partial charge in [0.2, 0.25) is 5.91 Å². The molecule has 0 unspecified atom stereocenters. The van der Waals surface area contributed by atoms with Crippen molar-refractivity contribution in [2.75, 3.05) is 25.0 Å². The van der Waals surface area contributed by atoms with E-state index in [0.717, 1.165) is 55.1 Å². The fourth-order valence-corrected chi connectivity index (χ4v) is 4.45. The van der Waals surface area contributed by atoms with Crippen LogP contribution in [0.3, 0.4) is 0 Å². The van der Waals surface area contributed by atoms with Gasteiger partial charge in [0.1, 0.15) is 5.82 Å². The van der Waals surface area contributed by atoms with Crippen molar-refractivity contribution in [3.63, 3.8) is 0 Å². The molecular weight excluding hydrogens is 403 g/mol. The predicted molar refractivity (Wildman–Crippen MR) is 126 cm³/mol. The van der Waals surface area contributed by atoms with E-state index in [4.69, 9.17) is 0 Å². The Kier molecular flexibility index (Phi) is 6.70. The summed E-state index contributed by atoms with van der Waals surface area (Å²) < 4.78 is 15.0. The standard InChI is InChI=1S/C26H31FN4O/c1-18-4-10-24(11-5-18)31-20(3)26(19(2)29-31)28-25(32)17-30-14-12-22(13-15-30)16-21-6-8-23(27)9-7-21/h4-11,22H,12-17H2,1-3H3,(H,28,32). The number of benzene rings is 2. The van der Waals surface area contributed by atoms with E-state index in [-0.39, 0.29) is 11.7 Å². The maximum absolute atomic E-state index is 13.1. The number of amides is 1. The summed E-state index contributed by atoms with van der Waals surface area (Å²) in [6.07, 6.45) is 3.07. The van der Waals surface area contributed by atoms with E-state index < -0.39 is 0 Å². The summed E-state index contributed by atoms with van der Waals surface area (Å²) in [5.74, 6) is 0.387. The Labute approximate surface area is 189 Å². The second-order valence-electron chi connectivity index (χ2n) is 8.89. The highest BCUT2D eigenvalue weighted by Crippen LogP contribution is 2.24. The predicted octanol–water partition coefficient (Wildman–Crippen LogP) is 4.83. The molecule has 0 atom stereocenters. The number of anilines is 1. The molecule has 0 spiro atoms. The zero-order valence-electron chi connectivity index (χ0n) is 19.1. The van der Waals surface area contributed by atoms with Crippen LogP contribution in [0.5, 0.6) is 0 Å². The zero-order valence-corrected chi connectivity index (χ0v) is 19.1. The lowest BCUT2D eigenvalue weighted by Crippen LogP contribution is -2.39. The highest BCUT2D eigenvalue weighted by molar-refractivity contribution is 5.93. The van der Waals surface area contributed by atoms with Crippen LogP contribution < -0.4 is 5.32 Å². The molecule has 1 aromatic heterocycles. The Morgan fingerprint density at radius 1 is 1.03 bits per heavy atom. The third kappa shape index (κ3) is 5.25. The third-order valence-electron chi connectivity index (χ3n) is 6.35. The fraction of sp³-hybridized carbons (Fsp3) is 0.385. The number of hydrogen-bond donors (Lipinski definition) is 1. The summed E-state index contributed by atoms with van der Waals surface area (Å²) in [6, 6.07) is 15.0. The number of aromatic nitrogens is 2. The molecule has 1 fully saturated rings. The lowest BCUT2D eigenvalue weighted by Gasteiger charge is -2.31. The van der Waals surface area contributed by atoms with E-state index in [9.17, 15) is 9.18 Å². The van der Waals surface area contributed by atoms with Crippen molar-refractivity contribution in [1.29, 1.82) is 0 Å². The number of halogens is 1. The van der Waals surface area contributed by atoms with Crippen LogP contribution in [0, 0.1) is 32.5 Å². The number of nitrogens with zero attached hydrogens (tertiary/aromatic N) is 3. The Morgan fingerprint density at radius 3 is 2.34 bits per heavy atom. The minimum Gasteiger partial charge on any atom is -0.322 e. The first-order valence-electron chi connectivity index (χ1n) is 11.3. The van der Waals surface area contributed by atoms with E-state index >= 15 is 0 Å². The number of likely N-dealkylation sites (tertiary alicyclic amines) is 1. The van der Waals surface area contributed by atoms with Gasteiger partial charge in [0.25, 0.3) is 0 Å². The molecule has 1 N–H and O–H groups in total. The summed E-state index contributed by atoms with van der Waals surface area (Å²) >= 11 is 0. The molecule has 168 valence electrons. The molecule has 5 nitrogen and oxygen atoms in total. The van der Waals surface area contributed by atoms with Crippen LogP contribution in [0.15, 0.2) is 48.5 Å². The molecule has 4 rings (SSSR count). The molecule has 32 heavy (non-hydrogen) atoms. The van der Waals surface area contributed by atoms with E-state index in [1.54, 1.807) is 0 Å². The number of carbonyl (C=O) groups excluding carboxylic acids is 1. The number of hydrogen-bond acceptors (Lipinski definition) is 3. The second-order valence-corrected chi connectivity index (χ2v) is 8.89. The highest BCUT2D eigenvalue weighted by atomic mass is 19.1. The number of nitrogens with one attached hydrogen (secondary N) is 1. The van der Waals surface area contributed by atoms with Gasteiger partial charge in [0.05, 0.1) is 29.3 Å². The van der Waals surface area contributed by atoms with Crippen molar-refractivity contribution in [3.8, 4) is 5.69 Å². The van der Waals surface area contributed by atoms with Crippen LogP contribution >= 0.6 is 0 Å². The molecule has 0 saturated carbocycles. The Hall–Kier alpha value is -2.99. The average molecular weight is 435 g/mol. The molecule has 0 bridgehead atoms. The molecule has 1 aliphatic heterocycles. The highest BCUT2D eigenvalue weighted by Gasteiger charge is 2.22. The Bertz CT molecular complexity index is 1060. The number of piperidine rings is 1. The van der Waals surface area contributed by atoms with Crippen molar-refractivity contribution in [2.24, 2.45) is 5.92 Å². The summed E-state index contributed by atoms with van der Waals surface area (Å²) in [5, 5.41) is 7.71. The summed E-state index contributed by atoms with van der Waals surface area (Å²) in [7, 11) is 0. The lowest BCUT2D eigenvalue weighted by atomic mass is 9.90. The van der Waals surface area contributed by atoms with Gasteiger partial charge in [-0.15, -0.1) is 0 Å². The first kappa shape index (κ1) is 22.2. The van der Waals surface area contributed by atoms with Crippen LogP contribution in [-0.2, 0) is 11.2 Å². The van der Waals surface area contributed by atoms with E-state index in [2.05, 4.69) is 34.4 Å². The molecule has 1 aliphatic rings. The fourth-order valence-electron chi connectivity index (χ4n) is 4.45. The van der Waals surface area contributed by atoms with E-state index in [1.165, 1.54) is 23.3 Å². The van der Waals surface area contributed by atoms with Crippen molar-refractivity contribution in [3.05, 3.63) is 76.9 Å². The topological polar surface area (TPSA) is 50.2 Å². The summed E-state index contributed by atoms with van der Waals surface area (Å²) in [6.45, 7) is 8.16. The van der Waals surface area contributed by atoms with Crippen molar-refractivity contribution in [2.45, 2.75) is 40.0 Å². The van der Waals surface area contributed by atoms with Crippen molar-refractivity contribution < 1.29 is 9.18 Å². The zero-order chi connectivity index (χ0) is 22.7. The third-order valence-corrected chi connectivity index (χ3v) is 6.35. The van der Waals surface area contributed by atoms with Crippen LogP contribution in [-0.4, -0.2) is 40.2 Å². The molecular formula is C26H31FN4O. The molecule has 2 heterocycles. The number of carbonyl (C=O) groups is 1. The van der Waals surface area contributed by atoms with E-state index in [0.29, 0.717) is 12.5 Å². The van der Waals surface area contributed by atoms with Gasteiger partial charge in [-0.25, -0.2) is 9.07 Å². The first-order valence-corrected chi connectivity index (χ1v) is 11.3. The maximum Gasteiger partial charge on any atom is 0.238 e. The van der Waals surface area contributed by atoms with Crippen LogP contribution in [0.25, 0.3) is 5.69 Å². The van der Waals surface area contributed by atoms with Gasteiger partial charge in [-0.2, -0.15) is 5.10 Å². The molecule has 0 aliphatic carbocycles. The van der Waals surface area contributed by atoms with E-state index in [1.807, 2.05) is 42.8 Å². The molecule has 6 heteroatoms. The minimum atomic E-state index is -0.190. The normalized spacial score (nSPS) is 15.1. The van der Waals surface area contributed by atoms with Gasteiger partial charge >= 0.3 is 0 Å². The number of aryl methyl sites for hydroxylation is 2. The van der Waals surface area contributed by atoms with Gasteiger partial charge in [0, 0.05) is 0 Å². The average Bonchev–Trinajstić information content (AvgIpc) is 3.05.